The van der Waals surface area contributed by atoms with Gasteiger partial charge in [0.2, 0.25) is 5.91 Å². The Hall–Kier alpha value is -3.03. The Balaban J connectivity index is 1.90. The fourth-order valence-corrected chi connectivity index (χ4v) is 5.14. The second kappa shape index (κ2) is 10.3. The lowest BCUT2D eigenvalue weighted by Gasteiger charge is -2.26. The molecule has 0 bridgehead atoms. The van der Waals surface area contributed by atoms with Crippen molar-refractivity contribution < 1.29 is 17.9 Å². The van der Waals surface area contributed by atoms with E-state index in [0.29, 0.717) is 22.0 Å². The van der Waals surface area contributed by atoms with Gasteiger partial charge in [-0.2, -0.15) is 0 Å². The van der Waals surface area contributed by atoms with Crippen molar-refractivity contribution in [1.29, 1.82) is 0 Å². The van der Waals surface area contributed by atoms with Gasteiger partial charge in [-0.25, -0.2) is 8.42 Å². The molecule has 3 aromatic carbocycles. The summed E-state index contributed by atoms with van der Waals surface area (Å²) < 4.78 is 33.4. The quantitative estimate of drug-likeness (QED) is 0.484. The fraction of sp³-hybridized carbons (Fsp3) is 0.240. The van der Waals surface area contributed by atoms with Gasteiger partial charge in [-0.3, -0.25) is 9.10 Å². The van der Waals surface area contributed by atoms with Gasteiger partial charge in [0.1, 0.15) is 12.3 Å². The Morgan fingerprint density at radius 3 is 2.24 bits per heavy atom. The van der Waals surface area contributed by atoms with Crippen molar-refractivity contribution in [1.82, 2.24) is 5.32 Å². The van der Waals surface area contributed by atoms with E-state index in [-0.39, 0.29) is 17.5 Å². The Morgan fingerprint density at radius 1 is 1.03 bits per heavy atom. The normalized spacial score (nSPS) is 12.2. The number of methoxy groups -OCH3 is 1. The molecule has 174 valence electrons. The summed E-state index contributed by atoms with van der Waals surface area (Å²) in [6, 6.07) is 18.4. The Kier molecular flexibility index (Phi) is 7.66. The van der Waals surface area contributed by atoms with Crippen molar-refractivity contribution in [2.45, 2.75) is 31.7 Å². The highest BCUT2D eigenvalue weighted by molar-refractivity contribution is 7.92. The number of carbonyl (C=O) groups is 1. The molecule has 0 saturated carbocycles. The van der Waals surface area contributed by atoms with Crippen LogP contribution in [0.3, 0.4) is 0 Å². The van der Waals surface area contributed by atoms with Gasteiger partial charge < -0.3 is 10.1 Å². The minimum Gasteiger partial charge on any atom is -0.497 e. The van der Waals surface area contributed by atoms with Crippen LogP contribution in [-0.2, 0) is 14.8 Å². The predicted octanol–water partition coefficient (Wildman–Crippen LogP) is 5.04. The van der Waals surface area contributed by atoms with E-state index in [4.69, 9.17) is 16.3 Å². The maximum absolute atomic E-state index is 13.5. The van der Waals surface area contributed by atoms with E-state index in [2.05, 4.69) is 5.32 Å². The number of halogens is 1. The standard InChI is InChI=1S/C25H27ClN2O4S/c1-17-5-12-23(13-6-17)33(30,31)28(24-14-9-21(26)15-18(24)2)16-25(29)27-19(3)20-7-10-22(32-4)11-8-20/h5-15,19H,16H2,1-4H3,(H,27,29)/t19-/m1/s1. The number of aryl methyl sites for hydroxylation is 2. The van der Waals surface area contributed by atoms with Gasteiger partial charge in [0, 0.05) is 5.02 Å². The summed E-state index contributed by atoms with van der Waals surface area (Å²) in [5.41, 5.74) is 2.86. The number of amides is 1. The van der Waals surface area contributed by atoms with Crippen LogP contribution in [0.5, 0.6) is 5.75 Å². The molecule has 0 spiro atoms. The minimum atomic E-state index is -4.00. The average Bonchev–Trinajstić information content (AvgIpc) is 2.78. The zero-order valence-corrected chi connectivity index (χ0v) is 20.6. The third-order valence-electron chi connectivity index (χ3n) is 5.32. The number of sulfonamides is 1. The number of anilines is 1. The highest BCUT2D eigenvalue weighted by atomic mass is 35.5. The van der Waals surface area contributed by atoms with Crippen LogP contribution >= 0.6 is 11.6 Å². The van der Waals surface area contributed by atoms with E-state index in [1.807, 2.05) is 38.1 Å². The van der Waals surface area contributed by atoms with Crippen molar-refractivity contribution in [3.8, 4) is 5.75 Å². The van der Waals surface area contributed by atoms with Crippen LogP contribution in [0, 0.1) is 13.8 Å². The molecule has 1 amide bonds. The van der Waals surface area contributed by atoms with Gasteiger partial charge in [0.05, 0.1) is 23.7 Å². The molecule has 0 radical (unpaired) electrons. The molecule has 0 heterocycles. The lowest BCUT2D eigenvalue weighted by molar-refractivity contribution is -0.120. The van der Waals surface area contributed by atoms with Crippen LogP contribution in [-0.4, -0.2) is 28.0 Å². The molecule has 1 N–H and O–H groups in total. The largest absolute Gasteiger partial charge is 0.497 e. The van der Waals surface area contributed by atoms with Crippen LogP contribution in [0.15, 0.2) is 71.6 Å². The first-order valence-electron chi connectivity index (χ1n) is 10.4. The van der Waals surface area contributed by atoms with Crippen LogP contribution < -0.4 is 14.4 Å². The first-order chi connectivity index (χ1) is 15.6. The molecule has 6 nitrogen and oxygen atoms in total. The number of ether oxygens (including phenoxy) is 1. The smallest absolute Gasteiger partial charge is 0.264 e. The zero-order valence-electron chi connectivity index (χ0n) is 19.0. The lowest BCUT2D eigenvalue weighted by Crippen LogP contribution is -2.41. The summed E-state index contributed by atoms with van der Waals surface area (Å²) in [7, 11) is -2.41. The summed E-state index contributed by atoms with van der Waals surface area (Å²) in [6.07, 6.45) is 0. The molecule has 0 saturated heterocycles. The van der Waals surface area contributed by atoms with Crippen molar-refractivity contribution in [2.75, 3.05) is 18.0 Å². The Labute approximate surface area is 200 Å². The molecule has 3 aromatic rings. The maximum atomic E-state index is 13.5. The summed E-state index contributed by atoms with van der Waals surface area (Å²) in [4.78, 5) is 13.1. The van der Waals surface area contributed by atoms with E-state index in [0.717, 1.165) is 15.4 Å². The van der Waals surface area contributed by atoms with Gasteiger partial charge >= 0.3 is 0 Å². The van der Waals surface area contributed by atoms with Crippen LogP contribution in [0.1, 0.15) is 29.7 Å². The number of rotatable bonds is 8. The second-order valence-corrected chi connectivity index (χ2v) is 10.1. The summed E-state index contributed by atoms with van der Waals surface area (Å²) in [5, 5.41) is 3.37. The van der Waals surface area contributed by atoms with E-state index in [9.17, 15) is 13.2 Å². The first-order valence-corrected chi connectivity index (χ1v) is 12.2. The predicted molar refractivity (Wildman–Crippen MR) is 131 cm³/mol. The van der Waals surface area contributed by atoms with E-state index < -0.39 is 15.9 Å². The second-order valence-electron chi connectivity index (χ2n) is 7.82. The van der Waals surface area contributed by atoms with Gasteiger partial charge in [0.25, 0.3) is 10.0 Å². The molecule has 0 fully saturated rings. The van der Waals surface area contributed by atoms with Gasteiger partial charge in [0.15, 0.2) is 0 Å². The SMILES string of the molecule is COc1ccc([C@@H](C)NC(=O)CN(c2ccc(Cl)cc2C)S(=O)(=O)c2ccc(C)cc2)cc1. The van der Waals surface area contributed by atoms with Crippen molar-refractivity contribution >= 4 is 33.2 Å². The number of hydrogen-bond acceptors (Lipinski definition) is 4. The highest BCUT2D eigenvalue weighted by Crippen LogP contribution is 2.29. The third kappa shape index (κ3) is 5.86. The first kappa shape index (κ1) is 24.6. The number of benzene rings is 3. The Morgan fingerprint density at radius 2 is 1.67 bits per heavy atom. The molecule has 1 atom stereocenters. The molecule has 0 aliphatic carbocycles. The van der Waals surface area contributed by atoms with Crippen LogP contribution in [0.4, 0.5) is 5.69 Å². The van der Waals surface area contributed by atoms with Gasteiger partial charge in [-0.05, 0) is 74.4 Å². The van der Waals surface area contributed by atoms with Gasteiger partial charge in [-0.15, -0.1) is 0 Å². The molecule has 0 aromatic heterocycles. The highest BCUT2D eigenvalue weighted by Gasteiger charge is 2.28. The third-order valence-corrected chi connectivity index (χ3v) is 7.33. The molecule has 3 rings (SSSR count). The van der Waals surface area contributed by atoms with Crippen molar-refractivity contribution in [3.63, 3.8) is 0 Å². The Bertz CT molecular complexity index is 1230. The van der Waals surface area contributed by atoms with E-state index in [1.165, 1.54) is 0 Å². The number of nitrogens with zero attached hydrogens (tertiary/aromatic N) is 1. The van der Waals surface area contributed by atoms with E-state index in [1.54, 1.807) is 56.5 Å². The zero-order chi connectivity index (χ0) is 24.2. The molecule has 0 aliphatic rings. The topological polar surface area (TPSA) is 75.7 Å². The minimum absolute atomic E-state index is 0.110. The van der Waals surface area contributed by atoms with Crippen molar-refractivity contribution in [2.24, 2.45) is 0 Å². The fourth-order valence-electron chi connectivity index (χ4n) is 3.43. The molecular weight excluding hydrogens is 460 g/mol. The van der Waals surface area contributed by atoms with Gasteiger partial charge in [-0.1, -0.05) is 41.4 Å². The van der Waals surface area contributed by atoms with E-state index >= 15 is 0 Å². The maximum Gasteiger partial charge on any atom is 0.264 e. The summed E-state index contributed by atoms with van der Waals surface area (Å²) in [5.74, 6) is 0.286. The van der Waals surface area contributed by atoms with Crippen LogP contribution in [0.25, 0.3) is 0 Å². The molecule has 0 aliphatic heterocycles. The summed E-state index contributed by atoms with van der Waals surface area (Å²) >= 11 is 6.08. The monoisotopic (exact) mass is 486 g/mol. The molecular formula is C25H27ClN2O4S. The number of carbonyl (C=O) groups excluding carboxylic acids is 1. The number of nitrogens with one attached hydrogen (secondary N) is 1. The van der Waals surface area contributed by atoms with Crippen LogP contribution in [0.2, 0.25) is 5.02 Å². The molecule has 8 heteroatoms. The lowest BCUT2D eigenvalue weighted by atomic mass is 10.1. The average molecular weight is 487 g/mol. The summed E-state index contributed by atoms with van der Waals surface area (Å²) in [6.45, 7) is 5.10. The molecule has 0 unspecified atom stereocenters. The van der Waals surface area contributed by atoms with Crippen molar-refractivity contribution in [3.05, 3.63) is 88.4 Å². The number of hydrogen-bond donors (Lipinski definition) is 1. The molecule has 33 heavy (non-hydrogen) atoms.